The van der Waals surface area contributed by atoms with E-state index in [0.29, 0.717) is 22.9 Å². The number of aliphatic hydroxyl groups excluding tert-OH is 1. The van der Waals surface area contributed by atoms with Crippen LogP contribution in [0.25, 0.3) is 0 Å². The van der Waals surface area contributed by atoms with Crippen LogP contribution in [-0.2, 0) is 12.8 Å². The monoisotopic (exact) mass is 358 g/mol. The minimum absolute atomic E-state index is 0.481. The van der Waals surface area contributed by atoms with Gasteiger partial charge in [-0.1, -0.05) is 51.3 Å². The maximum Gasteiger partial charge on any atom is 0.0621 e. The molecule has 0 bridgehead atoms. The van der Waals surface area contributed by atoms with Gasteiger partial charge in [-0.15, -0.1) is 0 Å². The normalized spacial score (nSPS) is 12.4. The maximum atomic E-state index is 10.1. The van der Waals surface area contributed by atoms with Crippen LogP contribution in [0.5, 0.6) is 0 Å². The molecule has 0 radical (unpaired) electrons. The SMILES string of the molecule is OC(Cc1cccc(Br)c1)Cc1cc(Cl)ccc1Cl. The Morgan fingerprint density at radius 3 is 2.58 bits per heavy atom. The molecule has 0 saturated carbocycles. The van der Waals surface area contributed by atoms with Crippen LogP contribution >= 0.6 is 39.1 Å². The van der Waals surface area contributed by atoms with Crippen molar-refractivity contribution >= 4 is 39.1 Å². The molecule has 2 rings (SSSR count). The van der Waals surface area contributed by atoms with Crippen molar-refractivity contribution in [2.75, 3.05) is 0 Å². The van der Waals surface area contributed by atoms with E-state index in [1.165, 1.54) is 0 Å². The van der Waals surface area contributed by atoms with Gasteiger partial charge in [0.25, 0.3) is 0 Å². The lowest BCUT2D eigenvalue weighted by atomic mass is 10.0. The first kappa shape index (κ1) is 14.9. The summed E-state index contributed by atoms with van der Waals surface area (Å²) in [4.78, 5) is 0. The Labute approximate surface area is 131 Å². The van der Waals surface area contributed by atoms with Crippen molar-refractivity contribution in [1.82, 2.24) is 0 Å². The fourth-order valence-corrected chi connectivity index (χ4v) is 2.80. The molecule has 0 saturated heterocycles. The third kappa shape index (κ3) is 4.50. The van der Waals surface area contributed by atoms with E-state index in [4.69, 9.17) is 23.2 Å². The van der Waals surface area contributed by atoms with Crippen molar-refractivity contribution < 1.29 is 5.11 Å². The molecule has 0 fully saturated rings. The van der Waals surface area contributed by atoms with Crippen LogP contribution in [0.2, 0.25) is 10.0 Å². The molecule has 0 spiro atoms. The van der Waals surface area contributed by atoms with Gasteiger partial charge in [0.05, 0.1) is 6.10 Å². The number of hydrogen-bond acceptors (Lipinski definition) is 1. The van der Waals surface area contributed by atoms with E-state index in [-0.39, 0.29) is 0 Å². The van der Waals surface area contributed by atoms with Crippen molar-refractivity contribution in [3.05, 3.63) is 68.1 Å². The molecule has 2 aromatic carbocycles. The molecule has 1 atom stereocenters. The van der Waals surface area contributed by atoms with Crippen LogP contribution in [0, 0.1) is 0 Å². The lowest BCUT2D eigenvalue weighted by Crippen LogP contribution is -2.14. The summed E-state index contributed by atoms with van der Waals surface area (Å²) in [5.74, 6) is 0. The highest BCUT2D eigenvalue weighted by Crippen LogP contribution is 2.23. The fourth-order valence-electron chi connectivity index (χ4n) is 1.96. The molecule has 0 amide bonds. The van der Waals surface area contributed by atoms with Gasteiger partial charge in [-0.3, -0.25) is 0 Å². The van der Waals surface area contributed by atoms with Gasteiger partial charge in [-0.05, 0) is 47.9 Å². The van der Waals surface area contributed by atoms with E-state index in [9.17, 15) is 5.11 Å². The zero-order valence-electron chi connectivity index (χ0n) is 10.1. The Bertz CT molecular complexity index is 572. The molecule has 0 heterocycles. The molecule has 19 heavy (non-hydrogen) atoms. The first-order chi connectivity index (χ1) is 9.04. The Morgan fingerprint density at radius 2 is 1.84 bits per heavy atom. The third-order valence-corrected chi connectivity index (χ3v) is 3.92. The fraction of sp³-hybridized carbons (Fsp3) is 0.200. The first-order valence-electron chi connectivity index (χ1n) is 5.91. The van der Waals surface area contributed by atoms with Gasteiger partial charge in [0.2, 0.25) is 0 Å². The number of halogens is 3. The van der Waals surface area contributed by atoms with Crippen molar-refractivity contribution in [2.45, 2.75) is 18.9 Å². The molecule has 0 aromatic heterocycles. The highest BCUT2D eigenvalue weighted by molar-refractivity contribution is 9.10. The molecule has 0 aliphatic heterocycles. The van der Waals surface area contributed by atoms with Crippen molar-refractivity contribution in [3.63, 3.8) is 0 Å². The predicted molar refractivity (Wildman–Crippen MR) is 84.0 cm³/mol. The number of aliphatic hydroxyl groups is 1. The van der Waals surface area contributed by atoms with Crippen LogP contribution in [-0.4, -0.2) is 11.2 Å². The zero-order chi connectivity index (χ0) is 13.8. The molecule has 0 aliphatic rings. The highest BCUT2D eigenvalue weighted by Gasteiger charge is 2.10. The average Bonchev–Trinajstić information content (AvgIpc) is 2.34. The van der Waals surface area contributed by atoms with E-state index in [0.717, 1.165) is 15.6 Å². The highest BCUT2D eigenvalue weighted by atomic mass is 79.9. The molecule has 1 N–H and O–H groups in total. The summed E-state index contributed by atoms with van der Waals surface area (Å²) in [6.07, 6.45) is 0.596. The molecular formula is C15H13BrCl2O. The van der Waals surface area contributed by atoms with Crippen molar-refractivity contribution in [3.8, 4) is 0 Å². The van der Waals surface area contributed by atoms with Gasteiger partial charge in [0.1, 0.15) is 0 Å². The minimum atomic E-state index is -0.481. The van der Waals surface area contributed by atoms with Crippen LogP contribution in [0.1, 0.15) is 11.1 Å². The third-order valence-electron chi connectivity index (χ3n) is 2.82. The Kier molecular flexibility index (Phi) is 5.28. The van der Waals surface area contributed by atoms with E-state index in [1.807, 2.05) is 24.3 Å². The molecular weight excluding hydrogens is 347 g/mol. The summed E-state index contributed by atoms with van der Waals surface area (Å²) in [5, 5.41) is 11.4. The van der Waals surface area contributed by atoms with Crippen LogP contribution in [0.15, 0.2) is 46.9 Å². The van der Waals surface area contributed by atoms with Gasteiger partial charge in [-0.2, -0.15) is 0 Å². The second-order valence-corrected chi connectivity index (χ2v) is 6.19. The zero-order valence-corrected chi connectivity index (χ0v) is 13.2. The number of benzene rings is 2. The molecule has 1 unspecified atom stereocenters. The van der Waals surface area contributed by atoms with Crippen molar-refractivity contribution in [2.24, 2.45) is 0 Å². The predicted octanol–water partition coefficient (Wildman–Crippen LogP) is 4.90. The summed E-state index contributed by atoms with van der Waals surface area (Å²) in [6, 6.07) is 13.2. The van der Waals surface area contributed by atoms with Gasteiger partial charge in [-0.25, -0.2) is 0 Å². The quantitative estimate of drug-likeness (QED) is 0.822. The number of rotatable bonds is 4. The summed E-state index contributed by atoms with van der Waals surface area (Å²) in [7, 11) is 0. The topological polar surface area (TPSA) is 20.2 Å². The number of hydrogen-bond donors (Lipinski definition) is 1. The van der Waals surface area contributed by atoms with E-state index in [2.05, 4.69) is 15.9 Å². The Balaban J connectivity index is 2.05. The summed E-state index contributed by atoms with van der Waals surface area (Å²) >= 11 is 15.4. The summed E-state index contributed by atoms with van der Waals surface area (Å²) in [5.41, 5.74) is 1.96. The molecule has 0 aliphatic carbocycles. The van der Waals surface area contributed by atoms with Crippen molar-refractivity contribution in [1.29, 1.82) is 0 Å². The lowest BCUT2D eigenvalue weighted by molar-refractivity contribution is 0.175. The summed E-state index contributed by atoms with van der Waals surface area (Å²) < 4.78 is 1.01. The maximum absolute atomic E-state index is 10.1. The Morgan fingerprint density at radius 1 is 1.05 bits per heavy atom. The standard InChI is InChI=1S/C15H13BrCl2O/c16-12-3-1-2-10(6-12)7-14(19)9-11-8-13(17)4-5-15(11)18/h1-6,8,14,19H,7,9H2. The Hall–Kier alpha value is -0.540. The summed E-state index contributed by atoms with van der Waals surface area (Å²) in [6.45, 7) is 0. The first-order valence-corrected chi connectivity index (χ1v) is 7.46. The van der Waals surface area contributed by atoms with Crippen LogP contribution in [0.3, 0.4) is 0 Å². The molecule has 100 valence electrons. The van der Waals surface area contributed by atoms with E-state index < -0.39 is 6.10 Å². The second-order valence-electron chi connectivity index (χ2n) is 4.43. The molecule has 2 aromatic rings. The van der Waals surface area contributed by atoms with Gasteiger partial charge >= 0.3 is 0 Å². The van der Waals surface area contributed by atoms with Gasteiger partial charge in [0.15, 0.2) is 0 Å². The minimum Gasteiger partial charge on any atom is -0.392 e. The lowest BCUT2D eigenvalue weighted by Gasteiger charge is -2.12. The molecule has 1 nitrogen and oxygen atoms in total. The average molecular weight is 360 g/mol. The largest absolute Gasteiger partial charge is 0.392 e. The van der Waals surface area contributed by atoms with Crippen LogP contribution < -0.4 is 0 Å². The van der Waals surface area contributed by atoms with E-state index in [1.54, 1.807) is 18.2 Å². The van der Waals surface area contributed by atoms with E-state index >= 15 is 0 Å². The van der Waals surface area contributed by atoms with Gasteiger partial charge < -0.3 is 5.11 Å². The smallest absolute Gasteiger partial charge is 0.0621 e. The van der Waals surface area contributed by atoms with Crippen LogP contribution in [0.4, 0.5) is 0 Å². The second kappa shape index (κ2) is 6.76. The van der Waals surface area contributed by atoms with Gasteiger partial charge in [0, 0.05) is 20.9 Å². The molecule has 4 heteroatoms.